The summed E-state index contributed by atoms with van der Waals surface area (Å²) in [6.07, 6.45) is 0.706. The lowest BCUT2D eigenvalue weighted by Crippen LogP contribution is -2.14. The van der Waals surface area contributed by atoms with Crippen LogP contribution in [0.2, 0.25) is 0 Å². The number of nitrogens with zero attached hydrogens (tertiary/aromatic N) is 2. The molecular weight excluding hydrogens is 308 g/mol. The summed E-state index contributed by atoms with van der Waals surface area (Å²) < 4.78 is 27.2. The molecule has 2 rings (SSSR count). The maximum Gasteiger partial charge on any atom is 0.264 e. The first kappa shape index (κ1) is 15.4. The second kappa shape index (κ2) is 6.67. The van der Waals surface area contributed by atoms with Crippen LogP contribution < -0.4 is 10.5 Å². The average molecular weight is 322 g/mol. The second-order valence-corrected chi connectivity index (χ2v) is 6.67. The van der Waals surface area contributed by atoms with Crippen LogP contribution in [0.3, 0.4) is 0 Å². The van der Waals surface area contributed by atoms with Gasteiger partial charge in [-0.15, -0.1) is 10.2 Å². The van der Waals surface area contributed by atoms with Crippen molar-refractivity contribution in [2.75, 3.05) is 11.3 Å². The fourth-order valence-corrected chi connectivity index (χ4v) is 3.63. The Labute approximate surface area is 127 Å². The van der Waals surface area contributed by atoms with Crippen molar-refractivity contribution in [2.45, 2.75) is 18.2 Å². The van der Waals surface area contributed by atoms with Crippen LogP contribution in [0.5, 0.6) is 0 Å². The Morgan fingerprint density at radius 2 is 2.10 bits per heavy atom. The zero-order valence-electron chi connectivity index (χ0n) is 11.3. The molecule has 3 N–H and O–H groups in total. The van der Waals surface area contributed by atoms with Gasteiger partial charge in [-0.05, 0) is 18.6 Å². The van der Waals surface area contributed by atoms with Crippen LogP contribution in [0.1, 0.15) is 17.5 Å². The second-order valence-electron chi connectivity index (χ2n) is 3.96. The van der Waals surface area contributed by atoms with Crippen LogP contribution in [-0.2, 0) is 16.4 Å². The first-order valence-corrected chi connectivity index (χ1v) is 8.50. The van der Waals surface area contributed by atoms with E-state index < -0.39 is 10.0 Å². The number of hydrogen-bond donors (Lipinski definition) is 2. The minimum atomic E-state index is -3.75. The summed E-state index contributed by atoms with van der Waals surface area (Å²) in [7, 11) is -3.75. The number of benzene rings is 1. The van der Waals surface area contributed by atoms with Crippen molar-refractivity contribution in [3.8, 4) is 11.8 Å². The number of aryl methyl sites for hydroxylation is 1. The molecule has 6 nitrogen and oxygen atoms in total. The zero-order chi connectivity index (χ0) is 15.3. The van der Waals surface area contributed by atoms with E-state index >= 15 is 0 Å². The van der Waals surface area contributed by atoms with E-state index in [9.17, 15) is 8.42 Å². The molecular formula is C13H14N4O2S2. The van der Waals surface area contributed by atoms with Gasteiger partial charge >= 0.3 is 0 Å². The van der Waals surface area contributed by atoms with Crippen molar-refractivity contribution in [3.63, 3.8) is 0 Å². The molecule has 0 atom stereocenters. The molecule has 0 bridgehead atoms. The molecule has 0 aliphatic heterocycles. The molecule has 1 heterocycles. The quantitative estimate of drug-likeness (QED) is 0.825. The monoisotopic (exact) mass is 322 g/mol. The first-order valence-electron chi connectivity index (χ1n) is 6.20. The molecule has 0 unspecified atom stereocenters. The van der Waals surface area contributed by atoms with Crippen LogP contribution in [0.4, 0.5) is 5.13 Å². The van der Waals surface area contributed by atoms with E-state index in [0.717, 1.165) is 5.01 Å². The third-order valence-corrected chi connectivity index (χ3v) is 5.00. The largest absolute Gasteiger partial charge is 0.320 e. The van der Waals surface area contributed by atoms with Crippen molar-refractivity contribution in [1.82, 2.24) is 10.2 Å². The molecule has 2 aromatic rings. The van der Waals surface area contributed by atoms with Crippen molar-refractivity contribution in [1.29, 1.82) is 0 Å². The number of aromatic nitrogens is 2. The van der Waals surface area contributed by atoms with E-state index in [1.54, 1.807) is 18.2 Å². The van der Waals surface area contributed by atoms with E-state index in [0.29, 0.717) is 12.0 Å². The number of nitrogens with two attached hydrogens (primary N) is 1. The third kappa shape index (κ3) is 3.78. The van der Waals surface area contributed by atoms with Gasteiger partial charge in [0.05, 0.1) is 6.54 Å². The number of anilines is 1. The summed E-state index contributed by atoms with van der Waals surface area (Å²) in [6, 6.07) is 6.48. The Morgan fingerprint density at radius 1 is 1.33 bits per heavy atom. The summed E-state index contributed by atoms with van der Waals surface area (Å²) in [5.74, 6) is 5.41. The van der Waals surface area contributed by atoms with Gasteiger partial charge in [0.1, 0.15) is 9.90 Å². The van der Waals surface area contributed by atoms with Crippen molar-refractivity contribution < 1.29 is 8.42 Å². The number of rotatable bonds is 4. The maximum absolute atomic E-state index is 12.4. The molecule has 0 saturated carbocycles. The van der Waals surface area contributed by atoms with Gasteiger partial charge in [-0.25, -0.2) is 8.42 Å². The Bertz CT molecular complexity index is 788. The zero-order valence-corrected chi connectivity index (χ0v) is 13.0. The van der Waals surface area contributed by atoms with Crippen molar-refractivity contribution in [3.05, 3.63) is 34.8 Å². The van der Waals surface area contributed by atoms with E-state index in [-0.39, 0.29) is 16.6 Å². The molecule has 110 valence electrons. The standard InChI is InChI=1S/C13H14N4O2S2/c1-2-12-15-16-13(20-12)17-21(18,19)11-8-4-3-6-10(11)7-5-9-14/h3-4,6,8H,2,9,14H2,1H3,(H,16,17). The third-order valence-electron chi connectivity index (χ3n) is 2.49. The van der Waals surface area contributed by atoms with Gasteiger partial charge in [0.15, 0.2) is 0 Å². The number of hydrogen-bond acceptors (Lipinski definition) is 6. The lowest BCUT2D eigenvalue weighted by Gasteiger charge is -2.06. The molecule has 0 spiro atoms. The van der Waals surface area contributed by atoms with Crippen LogP contribution in [0, 0.1) is 11.8 Å². The minimum Gasteiger partial charge on any atom is -0.320 e. The molecule has 21 heavy (non-hydrogen) atoms. The van der Waals surface area contributed by atoms with Gasteiger partial charge < -0.3 is 5.73 Å². The summed E-state index contributed by atoms with van der Waals surface area (Å²) in [5, 5.41) is 8.70. The van der Waals surface area contributed by atoms with Crippen LogP contribution in [-0.4, -0.2) is 25.2 Å². The summed E-state index contributed by atoms with van der Waals surface area (Å²) in [5.41, 5.74) is 5.72. The molecule has 0 aliphatic rings. The highest BCUT2D eigenvalue weighted by molar-refractivity contribution is 7.93. The van der Waals surface area contributed by atoms with E-state index in [4.69, 9.17) is 5.73 Å². The Hall–Kier alpha value is -1.95. The van der Waals surface area contributed by atoms with E-state index in [2.05, 4.69) is 26.8 Å². The molecule has 0 amide bonds. The minimum absolute atomic E-state index is 0.0965. The summed E-state index contributed by atoms with van der Waals surface area (Å²) in [4.78, 5) is 0.0965. The topological polar surface area (TPSA) is 98.0 Å². The lowest BCUT2D eigenvalue weighted by atomic mass is 10.2. The van der Waals surface area contributed by atoms with Gasteiger partial charge in [0.2, 0.25) is 5.13 Å². The fraction of sp³-hybridized carbons (Fsp3) is 0.231. The molecule has 1 aromatic carbocycles. The highest BCUT2D eigenvalue weighted by Crippen LogP contribution is 2.22. The molecule has 0 radical (unpaired) electrons. The number of nitrogens with one attached hydrogen (secondary N) is 1. The molecule has 0 saturated heterocycles. The van der Waals surface area contributed by atoms with Crippen LogP contribution in [0.25, 0.3) is 0 Å². The molecule has 0 aliphatic carbocycles. The Balaban J connectivity index is 2.35. The molecule has 1 aromatic heterocycles. The fourth-order valence-electron chi connectivity index (χ4n) is 1.56. The number of sulfonamides is 1. The summed E-state index contributed by atoms with van der Waals surface area (Å²) in [6.45, 7) is 2.09. The summed E-state index contributed by atoms with van der Waals surface area (Å²) >= 11 is 1.21. The molecule has 8 heteroatoms. The van der Waals surface area contributed by atoms with Gasteiger partial charge in [0, 0.05) is 5.56 Å². The van der Waals surface area contributed by atoms with Gasteiger partial charge in [-0.3, -0.25) is 4.72 Å². The van der Waals surface area contributed by atoms with E-state index in [1.807, 2.05) is 6.92 Å². The van der Waals surface area contributed by atoms with Gasteiger partial charge in [0.25, 0.3) is 10.0 Å². The first-order chi connectivity index (χ1) is 10.1. The average Bonchev–Trinajstić information content (AvgIpc) is 2.92. The van der Waals surface area contributed by atoms with Gasteiger partial charge in [-0.1, -0.05) is 42.2 Å². The predicted octanol–water partition coefficient (Wildman–Crippen LogP) is 1.21. The highest BCUT2D eigenvalue weighted by atomic mass is 32.2. The Kier molecular flexibility index (Phi) is 4.90. The highest BCUT2D eigenvalue weighted by Gasteiger charge is 2.19. The normalized spacial score (nSPS) is 10.8. The van der Waals surface area contributed by atoms with Crippen molar-refractivity contribution >= 4 is 26.5 Å². The Morgan fingerprint density at radius 3 is 2.76 bits per heavy atom. The maximum atomic E-state index is 12.4. The predicted molar refractivity (Wildman–Crippen MR) is 82.5 cm³/mol. The molecule has 0 fully saturated rings. The smallest absolute Gasteiger partial charge is 0.264 e. The van der Waals surface area contributed by atoms with Gasteiger partial charge in [-0.2, -0.15) is 0 Å². The SMILES string of the molecule is CCc1nnc(NS(=O)(=O)c2ccccc2C#CCN)s1. The van der Waals surface area contributed by atoms with Crippen LogP contribution in [0.15, 0.2) is 29.2 Å². The van der Waals surface area contributed by atoms with Crippen LogP contribution >= 0.6 is 11.3 Å². The lowest BCUT2D eigenvalue weighted by molar-refractivity contribution is 0.601. The van der Waals surface area contributed by atoms with E-state index in [1.165, 1.54) is 17.4 Å². The van der Waals surface area contributed by atoms with Crippen molar-refractivity contribution in [2.24, 2.45) is 5.73 Å².